The normalized spacial score (nSPS) is 13.3. The molecule has 1 aliphatic carbocycles. The lowest BCUT2D eigenvalue weighted by Gasteiger charge is -2.22. The molecule has 2 aromatic carbocycles. The number of Topliss-reactive ketones (excluding diaryl/α,β-unsaturated/α-hetero) is 2. The summed E-state index contributed by atoms with van der Waals surface area (Å²) in [6.07, 6.45) is 0. The Morgan fingerprint density at radius 2 is 1.39 bits per heavy atom. The molecule has 1 aliphatic rings. The van der Waals surface area contributed by atoms with Crippen LogP contribution in [0.5, 0.6) is 0 Å². The van der Waals surface area contributed by atoms with E-state index in [1.54, 1.807) is 24.3 Å². The molecule has 4 nitrogen and oxygen atoms in total. The Morgan fingerprint density at radius 1 is 0.826 bits per heavy atom. The number of rotatable bonds is 1. The molecule has 0 unspecified atom stereocenters. The van der Waals surface area contributed by atoms with Gasteiger partial charge in [-0.05, 0) is 44.0 Å². The van der Waals surface area contributed by atoms with Crippen LogP contribution in [0.4, 0.5) is 0 Å². The molecule has 1 N–H and O–H groups in total. The Kier molecular flexibility index (Phi) is 3.40. The summed E-state index contributed by atoms with van der Waals surface area (Å²) in [5.41, 5.74) is 2.12. The Morgan fingerprint density at radius 3 is 2.04 bits per heavy atom. The number of benzene rings is 2. The van der Waals surface area contributed by atoms with Crippen LogP contribution < -0.4 is 5.32 Å². The van der Waals surface area contributed by atoms with Gasteiger partial charge in [0.1, 0.15) is 0 Å². The number of hydrogen-bond acceptors (Lipinski definition) is 3. The Hall–Kier alpha value is -2.75. The van der Waals surface area contributed by atoms with E-state index in [1.807, 2.05) is 32.9 Å². The van der Waals surface area contributed by atoms with Crippen molar-refractivity contribution in [1.29, 1.82) is 0 Å². The van der Waals surface area contributed by atoms with Gasteiger partial charge in [-0.1, -0.05) is 30.3 Å². The van der Waals surface area contributed by atoms with E-state index in [0.29, 0.717) is 16.7 Å². The summed E-state index contributed by atoms with van der Waals surface area (Å²) in [5, 5.41) is 2.85. The zero-order chi connectivity index (χ0) is 16.8. The van der Waals surface area contributed by atoms with E-state index in [9.17, 15) is 14.4 Å². The number of carbonyl (C=O) groups excluding carboxylic acids is 3. The van der Waals surface area contributed by atoms with Crippen molar-refractivity contribution in [2.24, 2.45) is 0 Å². The Balaban J connectivity index is 2.10. The monoisotopic (exact) mass is 307 g/mol. The maximum Gasteiger partial charge on any atom is 0.251 e. The average molecular weight is 307 g/mol. The molecule has 0 saturated heterocycles. The van der Waals surface area contributed by atoms with Crippen LogP contribution in [0.25, 0.3) is 11.1 Å². The van der Waals surface area contributed by atoms with Crippen LogP contribution in [0, 0.1) is 0 Å². The summed E-state index contributed by atoms with van der Waals surface area (Å²) >= 11 is 0. The molecule has 0 heterocycles. The summed E-state index contributed by atoms with van der Waals surface area (Å²) in [6.45, 7) is 5.65. The van der Waals surface area contributed by atoms with Crippen molar-refractivity contribution in [3.63, 3.8) is 0 Å². The number of carbonyl (C=O) groups is 3. The van der Waals surface area contributed by atoms with E-state index < -0.39 is 11.6 Å². The highest BCUT2D eigenvalue weighted by Gasteiger charge is 2.30. The third-order valence-corrected chi connectivity index (χ3v) is 3.68. The molecule has 0 bridgehead atoms. The number of amides is 1. The Bertz CT molecular complexity index is 844. The van der Waals surface area contributed by atoms with E-state index in [0.717, 1.165) is 5.56 Å². The zero-order valence-electron chi connectivity index (χ0n) is 13.3. The van der Waals surface area contributed by atoms with Crippen molar-refractivity contribution >= 4 is 17.5 Å². The third-order valence-electron chi connectivity index (χ3n) is 3.68. The molecule has 4 heteroatoms. The molecule has 2 aromatic rings. The Labute approximate surface area is 134 Å². The maximum absolute atomic E-state index is 12.4. The lowest BCUT2D eigenvalue weighted by atomic mass is 9.83. The van der Waals surface area contributed by atoms with Crippen LogP contribution in [0.2, 0.25) is 0 Å². The standard InChI is InChI=1S/C19H17NO3/c1-19(2,3)20-18(23)11-8-9-13-12-6-4-5-7-14(12)16(21)17(22)15(13)10-11/h4-10H,1-3H3,(H,20,23). The van der Waals surface area contributed by atoms with Crippen molar-refractivity contribution in [2.75, 3.05) is 0 Å². The molecule has 23 heavy (non-hydrogen) atoms. The fraction of sp³-hybridized carbons (Fsp3) is 0.211. The van der Waals surface area contributed by atoms with Gasteiger partial charge in [-0.25, -0.2) is 0 Å². The first kappa shape index (κ1) is 15.2. The van der Waals surface area contributed by atoms with E-state index in [4.69, 9.17) is 0 Å². The van der Waals surface area contributed by atoms with Crippen molar-refractivity contribution in [2.45, 2.75) is 26.3 Å². The molecule has 3 rings (SSSR count). The molecule has 0 saturated carbocycles. The molecule has 1 amide bonds. The van der Waals surface area contributed by atoms with Gasteiger partial charge in [0.2, 0.25) is 11.6 Å². The van der Waals surface area contributed by atoms with Crippen LogP contribution in [-0.4, -0.2) is 23.0 Å². The fourth-order valence-electron chi connectivity index (χ4n) is 2.68. The quantitative estimate of drug-likeness (QED) is 0.822. The molecule has 0 aromatic heterocycles. The predicted octanol–water partition coefficient (Wildman–Crippen LogP) is 3.26. The maximum atomic E-state index is 12.4. The largest absolute Gasteiger partial charge is 0.347 e. The lowest BCUT2D eigenvalue weighted by molar-refractivity contribution is 0.0815. The molecule has 0 atom stereocenters. The highest BCUT2D eigenvalue weighted by atomic mass is 16.2. The van der Waals surface area contributed by atoms with Gasteiger partial charge in [0, 0.05) is 22.2 Å². The topological polar surface area (TPSA) is 63.2 Å². The zero-order valence-corrected chi connectivity index (χ0v) is 13.3. The number of hydrogen-bond donors (Lipinski definition) is 1. The van der Waals surface area contributed by atoms with Gasteiger partial charge in [-0.15, -0.1) is 0 Å². The van der Waals surface area contributed by atoms with E-state index >= 15 is 0 Å². The highest BCUT2D eigenvalue weighted by Crippen LogP contribution is 2.33. The summed E-state index contributed by atoms with van der Waals surface area (Å²) < 4.78 is 0. The number of nitrogens with one attached hydrogen (secondary N) is 1. The van der Waals surface area contributed by atoms with Gasteiger partial charge in [0.05, 0.1) is 0 Å². The first-order chi connectivity index (χ1) is 10.8. The minimum Gasteiger partial charge on any atom is -0.347 e. The van der Waals surface area contributed by atoms with Crippen LogP contribution in [-0.2, 0) is 0 Å². The van der Waals surface area contributed by atoms with E-state index in [-0.39, 0.29) is 17.0 Å². The number of ketones is 2. The van der Waals surface area contributed by atoms with E-state index in [1.165, 1.54) is 6.07 Å². The minimum atomic E-state index is -0.566. The second-order valence-electron chi connectivity index (χ2n) is 6.67. The second-order valence-corrected chi connectivity index (χ2v) is 6.67. The average Bonchev–Trinajstić information content (AvgIpc) is 2.50. The third kappa shape index (κ3) is 2.68. The van der Waals surface area contributed by atoms with E-state index in [2.05, 4.69) is 5.32 Å². The molecule has 0 aliphatic heterocycles. The molecular weight excluding hydrogens is 290 g/mol. The SMILES string of the molecule is CC(C)(C)NC(=O)c1ccc2c(c1)C(=O)C(=O)c1ccccc1-2. The van der Waals surface area contributed by atoms with Gasteiger partial charge in [-0.2, -0.15) is 0 Å². The van der Waals surface area contributed by atoms with Crippen LogP contribution in [0.15, 0.2) is 42.5 Å². The molecule has 116 valence electrons. The summed E-state index contributed by atoms with van der Waals surface area (Å²) in [6, 6.07) is 11.9. The molecule has 0 radical (unpaired) electrons. The first-order valence-corrected chi connectivity index (χ1v) is 7.43. The summed E-state index contributed by atoms with van der Waals surface area (Å²) in [5.74, 6) is -1.36. The van der Waals surface area contributed by atoms with Crippen molar-refractivity contribution < 1.29 is 14.4 Å². The van der Waals surface area contributed by atoms with Gasteiger partial charge in [0.15, 0.2) is 0 Å². The molecule has 0 fully saturated rings. The van der Waals surface area contributed by atoms with Crippen LogP contribution >= 0.6 is 0 Å². The fourth-order valence-corrected chi connectivity index (χ4v) is 2.68. The van der Waals surface area contributed by atoms with Gasteiger partial charge in [0.25, 0.3) is 5.91 Å². The van der Waals surface area contributed by atoms with Crippen molar-refractivity contribution in [3.8, 4) is 11.1 Å². The summed E-state index contributed by atoms with van der Waals surface area (Å²) in [4.78, 5) is 36.9. The molecule has 0 spiro atoms. The highest BCUT2D eigenvalue weighted by molar-refractivity contribution is 6.53. The first-order valence-electron chi connectivity index (χ1n) is 7.43. The van der Waals surface area contributed by atoms with Gasteiger partial charge < -0.3 is 5.32 Å². The summed E-state index contributed by atoms with van der Waals surface area (Å²) in [7, 11) is 0. The van der Waals surface area contributed by atoms with Gasteiger partial charge >= 0.3 is 0 Å². The minimum absolute atomic E-state index is 0.264. The van der Waals surface area contributed by atoms with Crippen LogP contribution in [0.1, 0.15) is 51.8 Å². The second kappa shape index (κ2) is 5.16. The smallest absolute Gasteiger partial charge is 0.251 e. The van der Waals surface area contributed by atoms with Crippen molar-refractivity contribution in [3.05, 3.63) is 59.2 Å². The number of fused-ring (bicyclic) bond motifs is 3. The molecular formula is C19H17NO3. The lowest BCUT2D eigenvalue weighted by Crippen LogP contribution is -2.40. The van der Waals surface area contributed by atoms with Gasteiger partial charge in [-0.3, -0.25) is 14.4 Å². The van der Waals surface area contributed by atoms with Crippen LogP contribution in [0.3, 0.4) is 0 Å². The predicted molar refractivity (Wildman–Crippen MR) is 87.8 cm³/mol. The van der Waals surface area contributed by atoms with Crippen molar-refractivity contribution in [1.82, 2.24) is 5.32 Å².